The Hall–Kier alpha value is 0. The highest BCUT2D eigenvalue weighted by atomic mass is 14.4. The van der Waals surface area contributed by atoms with E-state index in [9.17, 15) is 0 Å². The van der Waals surface area contributed by atoms with Crippen LogP contribution < -0.4 is 0 Å². The van der Waals surface area contributed by atoms with Crippen LogP contribution in [0.25, 0.3) is 0 Å². The van der Waals surface area contributed by atoms with Crippen LogP contribution in [0.3, 0.4) is 0 Å². The van der Waals surface area contributed by atoms with Gasteiger partial charge in [-0.1, -0.05) is 72.1 Å². The van der Waals surface area contributed by atoms with E-state index in [0.717, 1.165) is 5.92 Å². The van der Waals surface area contributed by atoms with Gasteiger partial charge in [0.1, 0.15) is 0 Å². The molecule has 0 aromatic carbocycles. The Kier molecular flexibility index (Phi) is 6.46. The summed E-state index contributed by atoms with van der Waals surface area (Å²) >= 11 is 0. The lowest BCUT2D eigenvalue weighted by Gasteiger charge is -2.42. The molecular formula is C16H32. The number of rotatable bonds is 7. The van der Waals surface area contributed by atoms with Gasteiger partial charge in [0, 0.05) is 0 Å². The summed E-state index contributed by atoms with van der Waals surface area (Å²) < 4.78 is 0. The van der Waals surface area contributed by atoms with E-state index in [2.05, 4.69) is 20.8 Å². The molecule has 96 valence electrons. The van der Waals surface area contributed by atoms with Crippen molar-refractivity contribution in [3.63, 3.8) is 0 Å². The molecule has 1 saturated carbocycles. The first-order valence-corrected chi connectivity index (χ1v) is 7.79. The van der Waals surface area contributed by atoms with Crippen LogP contribution in [0.1, 0.15) is 91.4 Å². The Bertz CT molecular complexity index is 161. The first-order valence-electron chi connectivity index (χ1n) is 7.79. The van der Waals surface area contributed by atoms with Gasteiger partial charge in [-0.15, -0.1) is 0 Å². The van der Waals surface area contributed by atoms with Crippen LogP contribution in [0.2, 0.25) is 0 Å². The molecule has 0 aromatic rings. The van der Waals surface area contributed by atoms with Gasteiger partial charge in [0.2, 0.25) is 0 Å². The van der Waals surface area contributed by atoms with Crippen molar-refractivity contribution < 1.29 is 0 Å². The molecule has 1 fully saturated rings. The predicted molar refractivity (Wildman–Crippen MR) is 73.7 cm³/mol. The van der Waals surface area contributed by atoms with Crippen molar-refractivity contribution in [3.8, 4) is 0 Å². The van der Waals surface area contributed by atoms with Crippen molar-refractivity contribution in [2.75, 3.05) is 0 Å². The van der Waals surface area contributed by atoms with Crippen LogP contribution in [0.15, 0.2) is 0 Å². The van der Waals surface area contributed by atoms with Gasteiger partial charge in [-0.25, -0.2) is 0 Å². The average molecular weight is 224 g/mol. The van der Waals surface area contributed by atoms with Gasteiger partial charge in [-0.3, -0.25) is 0 Å². The minimum Gasteiger partial charge on any atom is -0.0654 e. The van der Waals surface area contributed by atoms with E-state index in [1.54, 1.807) is 0 Å². The molecule has 0 aromatic heterocycles. The van der Waals surface area contributed by atoms with Gasteiger partial charge in [-0.05, 0) is 30.6 Å². The highest BCUT2D eigenvalue weighted by molar-refractivity contribution is 4.86. The van der Waals surface area contributed by atoms with Crippen LogP contribution >= 0.6 is 0 Å². The summed E-state index contributed by atoms with van der Waals surface area (Å²) in [6.07, 6.45) is 16.1. The Morgan fingerprint density at radius 2 is 1.50 bits per heavy atom. The maximum absolute atomic E-state index is 2.43. The largest absolute Gasteiger partial charge is 0.0654 e. The van der Waals surface area contributed by atoms with Crippen LogP contribution in [0.4, 0.5) is 0 Å². The summed E-state index contributed by atoms with van der Waals surface area (Å²) in [5.74, 6) is 1.05. The quantitative estimate of drug-likeness (QED) is 0.468. The van der Waals surface area contributed by atoms with Crippen molar-refractivity contribution in [2.24, 2.45) is 11.3 Å². The van der Waals surface area contributed by atoms with Crippen molar-refractivity contribution >= 4 is 0 Å². The second kappa shape index (κ2) is 7.35. The zero-order valence-corrected chi connectivity index (χ0v) is 11.9. The van der Waals surface area contributed by atoms with E-state index in [1.165, 1.54) is 70.6 Å². The Morgan fingerprint density at radius 3 is 2.00 bits per heavy atom. The molecule has 0 aliphatic heterocycles. The Labute approximate surface area is 103 Å². The van der Waals surface area contributed by atoms with Crippen LogP contribution in [0, 0.1) is 11.3 Å². The summed E-state index contributed by atoms with van der Waals surface area (Å²) in [7, 11) is 0. The maximum atomic E-state index is 2.43. The third kappa shape index (κ3) is 3.50. The minimum atomic E-state index is 0.704. The zero-order chi connectivity index (χ0) is 11.9. The SMILES string of the molecule is CCCCCC(CC)(CC)C1CCCCC1. The molecule has 0 heteroatoms. The molecule has 0 radical (unpaired) electrons. The number of hydrogen-bond donors (Lipinski definition) is 0. The fourth-order valence-corrected chi connectivity index (χ4v) is 3.83. The monoisotopic (exact) mass is 224 g/mol. The minimum absolute atomic E-state index is 0.704. The third-order valence-electron chi connectivity index (χ3n) is 5.16. The molecule has 1 rings (SSSR count). The molecule has 1 aliphatic rings. The lowest BCUT2D eigenvalue weighted by Crippen LogP contribution is -2.31. The molecule has 0 amide bonds. The zero-order valence-electron chi connectivity index (χ0n) is 11.9. The molecule has 16 heavy (non-hydrogen) atoms. The lowest BCUT2D eigenvalue weighted by molar-refractivity contribution is 0.0890. The van der Waals surface area contributed by atoms with Crippen molar-refractivity contribution in [1.82, 2.24) is 0 Å². The van der Waals surface area contributed by atoms with Gasteiger partial charge in [0.15, 0.2) is 0 Å². The summed E-state index contributed by atoms with van der Waals surface area (Å²) in [6.45, 7) is 7.19. The first-order chi connectivity index (χ1) is 7.79. The molecule has 0 unspecified atom stereocenters. The molecule has 0 nitrogen and oxygen atoms in total. The summed E-state index contributed by atoms with van der Waals surface area (Å²) in [5, 5.41) is 0. The van der Waals surface area contributed by atoms with Crippen LogP contribution in [-0.2, 0) is 0 Å². The lowest BCUT2D eigenvalue weighted by atomic mass is 9.63. The number of hydrogen-bond acceptors (Lipinski definition) is 0. The van der Waals surface area contributed by atoms with E-state index < -0.39 is 0 Å². The predicted octanol–water partition coefficient (Wildman–Crippen LogP) is 5.95. The highest BCUT2D eigenvalue weighted by Crippen LogP contribution is 2.46. The molecule has 1 aliphatic carbocycles. The van der Waals surface area contributed by atoms with Gasteiger partial charge >= 0.3 is 0 Å². The van der Waals surface area contributed by atoms with Crippen LogP contribution in [0.5, 0.6) is 0 Å². The molecule has 0 N–H and O–H groups in total. The van der Waals surface area contributed by atoms with Crippen molar-refractivity contribution in [3.05, 3.63) is 0 Å². The molecule has 0 saturated heterocycles. The van der Waals surface area contributed by atoms with Gasteiger partial charge in [0.05, 0.1) is 0 Å². The van der Waals surface area contributed by atoms with Crippen molar-refractivity contribution in [2.45, 2.75) is 91.4 Å². The summed E-state index contributed by atoms with van der Waals surface area (Å²) in [4.78, 5) is 0. The fraction of sp³-hybridized carbons (Fsp3) is 1.00. The molecule has 0 heterocycles. The molecule has 0 bridgehead atoms. The Balaban J connectivity index is 2.54. The topological polar surface area (TPSA) is 0 Å². The standard InChI is InChI=1S/C16H32/c1-4-7-11-14-16(5-2,6-3)15-12-9-8-10-13-15/h15H,4-14H2,1-3H3. The summed E-state index contributed by atoms with van der Waals surface area (Å²) in [5.41, 5.74) is 0.704. The average Bonchev–Trinajstić information content (AvgIpc) is 2.36. The molecule has 0 spiro atoms. The van der Waals surface area contributed by atoms with E-state index in [0.29, 0.717) is 5.41 Å². The first kappa shape index (κ1) is 14.1. The van der Waals surface area contributed by atoms with Gasteiger partial charge in [0.25, 0.3) is 0 Å². The highest BCUT2D eigenvalue weighted by Gasteiger charge is 2.35. The second-order valence-corrected chi connectivity index (χ2v) is 5.86. The Morgan fingerprint density at radius 1 is 0.875 bits per heavy atom. The van der Waals surface area contributed by atoms with E-state index in [1.807, 2.05) is 0 Å². The smallest absolute Gasteiger partial charge is 0.0274 e. The van der Waals surface area contributed by atoms with Crippen LogP contribution in [-0.4, -0.2) is 0 Å². The van der Waals surface area contributed by atoms with Gasteiger partial charge in [-0.2, -0.15) is 0 Å². The summed E-state index contributed by atoms with van der Waals surface area (Å²) in [6, 6.07) is 0. The maximum Gasteiger partial charge on any atom is -0.0274 e. The van der Waals surface area contributed by atoms with Crippen molar-refractivity contribution in [1.29, 1.82) is 0 Å². The second-order valence-electron chi connectivity index (χ2n) is 5.86. The molecular weight excluding hydrogens is 192 g/mol. The fourth-order valence-electron chi connectivity index (χ4n) is 3.83. The third-order valence-corrected chi connectivity index (χ3v) is 5.16. The van der Waals surface area contributed by atoms with E-state index in [-0.39, 0.29) is 0 Å². The van der Waals surface area contributed by atoms with E-state index in [4.69, 9.17) is 0 Å². The molecule has 0 atom stereocenters. The normalized spacial score (nSPS) is 18.9. The van der Waals surface area contributed by atoms with E-state index >= 15 is 0 Å². The van der Waals surface area contributed by atoms with Gasteiger partial charge < -0.3 is 0 Å². The number of unbranched alkanes of at least 4 members (excludes halogenated alkanes) is 2.